The summed E-state index contributed by atoms with van der Waals surface area (Å²) in [4.78, 5) is 0. The first kappa shape index (κ1) is 10.7. The molecule has 0 aliphatic rings. The van der Waals surface area contributed by atoms with Gasteiger partial charge in [-0.25, -0.2) is 13.2 Å². The lowest BCUT2D eigenvalue weighted by atomic mass is 10.2. The highest BCUT2D eigenvalue weighted by Gasteiger charge is 2.17. The van der Waals surface area contributed by atoms with E-state index in [-0.39, 0.29) is 11.5 Å². The van der Waals surface area contributed by atoms with Crippen LogP contribution < -0.4 is 9.47 Å². The molecule has 0 amide bonds. The highest BCUT2D eigenvalue weighted by molar-refractivity contribution is 5.44. The highest BCUT2D eigenvalue weighted by Crippen LogP contribution is 2.33. The zero-order valence-corrected chi connectivity index (χ0v) is 7.68. The minimum atomic E-state index is -2.87. The molecule has 0 heterocycles. The van der Waals surface area contributed by atoms with E-state index in [1.54, 1.807) is 0 Å². The van der Waals surface area contributed by atoms with E-state index in [2.05, 4.69) is 0 Å². The van der Waals surface area contributed by atoms with E-state index in [1.165, 1.54) is 14.2 Å². The molecule has 1 aromatic carbocycles. The van der Waals surface area contributed by atoms with Gasteiger partial charge in [-0.3, -0.25) is 0 Å². The summed E-state index contributed by atoms with van der Waals surface area (Å²) >= 11 is 0. The SMILES string of the molecule is COc1cc(F)c(C(F)F)cc1OC. The first-order valence-corrected chi connectivity index (χ1v) is 3.79. The summed E-state index contributed by atoms with van der Waals surface area (Å²) in [5.41, 5.74) is -0.692. The Bertz CT molecular complexity index is 326. The standard InChI is InChI=1S/C9H9F3O2/c1-13-7-3-5(9(11)12)6(10)4-8(7)14-2/h3-4,9H,1-2H3. The average molecular weight is 206 g/mol. The fourth-order valence-corrected chi connectivity index (χ4v) is 1.04. The first-order chi connectivity index (χ1) is 6.60. The van der Waals surface area contributed by atoms with Crippen LogP contribution in [0.15, 0.2) is 12.1 Å². The zero-order valence-electron chi connectivity index (χ0n) is 7.68. The number of halogens is 3. The molecule has 2 nitrogen and oxygen atoms in total. The molecule has 0 aromatic heterocycles. The van der Waals surface area contributed by atoms with Crippen molar-refractivity contribution in [3.8, 4) is 11.5 Å². The predicted octanol–water partition coefficient (Wildman–Crippen LogP) is 2.78. The van der Waals surface area contributed by atoms with Crippen molar-refractivity contribution < 1.29 is 22.6 Å². The Morgan fingerprint density at radius 1 is 1.07 bits per heavy atom. The topological polar surface area (TPSA) is 18.5 Å². The van der Waals surface area contributed by atoms with E-state index >= 15 is 0 Å². The van der Waals surface area contributed by atoms with Gasteiger partial charge in [-0.05, 0) is 6.07 Å². The first-order valence-electron chi connectivity index (χ1n) is 3.79. The van der Waals surface area contributed by atoms with Crippen molar-refractivity contribution >= 4 is 0 Å². The average Bonchev–Trinajstić information content (AvgIpc) is 2.16. The van der Waals surface area contributed by atoms with Gasteiger partial charge in [0.15, 0.2) is 11.5 Å². The Labute approximate surface area is 79.2 Å². The largest absolute Gasteiger partial charge is 0.493 e. The van der Waals surface area contributed by atoms with Crippen LogP contribution in [0.25, 0.3) is 0 Å². The van der Waals surface area contributed by atoms with Crippen molar-refractivity contribution in [2.75, 3.05) is 14.2 Å². The fourth-order valence-electron chi connectivity index (χ4n) is 1.04. The molecule has 1 rings (SSSR count). The van der Waals surface area contributed by atoms with Crippen LogP contribution in [0.3, 0.4) is 0 Å². The molecule has 0 aliphatic heterocycles. The van der Waals surface area contributed by atoms with Gasteiger partial charge in [0, 0.05) is 6.07 Å². The van der Waals surface area contributed by atoms with E-state index in [0.717, 1.165) is 12.1 Å². The molecule has 0 atom stereocenters. The maximum Gasteiger partial charge on any atom is 0.266 e. The third kappa shape index (κ3) is 1.92. The lowest BCUT2D eigenvalue weighted by Crippen LogP contribution is -1.96. The van der Waals surface area contributed by atoms with Gasteiger partial charge in [-0.1, -0.05) is 0 Å². The number of rotatable bonds is 3. The van der Waals surface area contributed by atoms with Gasteiger partial charge < -0.3 is 9.47 Å². The van der Waals surface area contributed by atoms with Gasteiger partial charge in [0.1, 0.15) is 5.82 Å². The highest BCUT2D eigenvalue weighted by atomic mass is 19.3. The Morgan fingerprint density at radius 3 is 2.00 bits per heavy atom. The normalized spacial score (nSPS) is 10.4. The number of alkyl halides is 2. The molecular formula is C9H9F3O2. The summed E-state index contributed by atoms with van der Waals surface area (Å²) < 4.78 is 47.0. The number of hydrogen-bond acceptors (Lipinski definition) is 2. The molecule has 0 saturated heterocycles. The second kappa shape index (κ2) is 4.21. The Balaban J connectivity index is 3.23. The molecular weight excluding hydrogens is 197 g/mol. The zero-order chi connectivity index (χ0) is 10.7. The lowest BCUT2D eigenvalue weighted by molar-refractivity contribution is 0.145. The summed E-state index contributed by atoms with van der Waals surface area (Å²) in [6.07, 6.45) is -2.87. The Hall–Kier alpha value is -1.39. The summed E-state index contributed by atoms with van der Waals surface area (Å²) in [5.74, 6) is -0.823. The molecule has 78 valence electrons. The van der Waals surface area contributed by atoms with Gasteiger partial charge in [-0.15, -0.1) is 0 Å². The summed E-state index contributed by atoms with van der Waals surface area (Å²) in [5, 5.41) is 0. The van der Waals surface area contributed by atoms with Crippen molar-refractivity contribution in [3.63, 3.8) is 0 Å². The summed E-state index contributed by atoms with van der Waals surface area (Å²) in [6.45, 7) is 0. The van der Waals surface area contributed by atoms with Crippen LogP contribution >= 0.6 is 0 Å². The van der Waals surface area contributed by atoms with Crippen molar-refractivity contribution in [2.45, 2.75) is 6.43 Å². The van der Waals surface area contributed by atoms with E-state index < -0.39 is 17.8 Å². The number of benzene rings is 1. The monoisotopic (exact) mass is 206 g/mol. The second-order valence-electron chi connectivity index (χ2n) is 2.53. The minimum Gasteiger partial charge on any atom is -0.493 e. The van der Waals surface area contributed by atoms with Crippen LogP contribution in [0.4, 0.5) is 13.2 Å². The van der Waals surface area contributed by atoms with Gasteiger partial charge in [0.25, 0.3) is 6.43 Å². The molecule has 0 fully saturated rings. The second-order valence-corrected chi connectivity index (χ2v) is 2.53. The molecule has 1 aromatic rings. The summed E-state index contributed by atoms with van der Waals surface area (Å²) in [7, 11) is 2.60. The van der Waals surface area contributed by atoms with Crippen molar-refractivity contribution in [1.82, 2.24) is 0 Å². The molecule has 5 heteroatoms. The smallest absolute Gasteiger partial charge is 0.266 e. The fraction of sp³-hybridized carbons (Fsp3) is 0.333. The molecule has 0 bridgehead atoms. The van der Waals surface area contributed by atoms with Crippen molar-refractivity contribution in [2.24, 2.45) is 0 Å². The van der Waals surface area contributed by atoms with Gasteiger partial charge in [-0.2, -0.15) is 0 Å². The van der Waals surface area contributed by atoms with Crippen LogP contribution in [0, 0.1) is 5.82 Å². The van der Waals surface area contributed by atoms with Crippen LogP contribution in [-0.4, -0.2) is 14.2 Å². The molecule has 14 heavy (non-hydrogen) atoms. The molecule has 0 saturated carbocycles. The van der Waals surface area contributed by atoms with Gasteiger partial charge >= 0.3 is 0 Å². The van der Waals surface area contributed by atoms with E-state index in [9.17, 15) is 13.2 Å². The van der Waals surface area contributed by atoms with Crippen LogP contribution in [0.2, 0.25) is 0 Å². The van der Waals surface area contributed by atoms with E-state index in [0.29, 0.717) is 0 Å². The van der Waals surface area contributed by atoms with Crippen LogP contribution in [0.1, 0.15) is 12.0 Å². The third-order valence-corrected chi connectivity index (χ3v) is 1.74. The maximum absolute atomic E-state index is 13.0. The van der Waals surface area contributed by atoms with Gasteiger partial charge in [0.2, 0.25) is 0 Å². The lowest BCUT2D eigenvalue weighted by Gasteiger charge is -2.10. The Kier molecular flexibility index (Phi) is 3.22. The predicted molar refractivity (Wildman–Crippen MR) is 44.5 cm³/mol. The van der Waals surface area contributed by atoms with Crippen LogP contribution in [-0.2, 0) is 0 Å². The molecule has 0 spiro atoms. The number of hydrogen-bond donors (Lipinski definition) is 0. The number of methoxy groups -OCH3 is 2. The van der Waals surface area contributed by atoms with Crippen molar-refractivity contribution in [3.05, 3.63) is 23.5 Å². The molecule has 0 aliphatic carbocycles. The molecule has 0 N–H and O–H groups in total. The molecule has 0 radical (unpaired) electrons. The number of ether oxygens (including phenoxy) is 2. The van der Waals surface area contributed by atoms with E-state index in [1.807, 2.05) is 0 Å². The summed E-state index contributed by atoms with van der Waals surface area (Å²) in [6, 6.07) is 1.80. The van der Waals surface area contributed by atoms with Crippen LogP contribution in [0.5, 0.6) is 11.5 Å². The third-order valence-electron chi connectivity index (χ3n) is 1.74. The minimum absolute atomic E-state index is 0.0872. The molecule has 0 unspecified atom stereocenters. The van der Waals surface area contributed by atoms with E-state index in [4.69, 9.17) is 9.47 Å². The maximum atomic E-state index is 13.0. The van der Waals surface area contributed by atoms with Gasteiger partial charge in [0.05, 0.1) is 19.8 Å². The van der Waals surface area contributed by atoms with Crippen molar-refractivity contribution in [1.29, 1.82) is 0 Å². The Morgan fingerprint density at radius 2 is 1.57 bits per heavy atom. The quantitative estimate of drug-likeness (QED) is 0.757.